The second-order valence-electron chi connectivity index (χ2n) is 5.82. The highest BCUT2D eigenvalue weighted by Crippen LogP contribution is 2.37. The van der Waals surface area contributed by atoms with E-state index in [0.717, 1.165) is 21.4 Å². The number of hydrogen-bond acceptors (Lipinski definition) is 5. The molecule has 0 unspecified atom stereocenters. The molecule has 5 nitrogen and oxygen atoms in total. The standard InChI is InChI=1S/C19H15Br2IN4O/c1-10-7-17(26-25-11(2)12-3-5-14(22)6-4-12)24-19(23-10)15-8-13(20)9-16(21)18(15)27/h3-9,27H,1-2H3,(H,23,24,26)/b25-11-. The van der Waals surface area contributed by atoms with Gasteiger partial charge in [-0.3, -0.25) is 5.43 Å². The van der Waals surface area contributed by atoms with E-state index in [1.807, 2.05) is 38.1 Å². The normalized spacial score (nSPS) is 11.5. The molecule has 0 spiro atoms. The Bertz CT molecular complexity index is 1020. The molecule has 0 amide bonds. The third-order valence-corrected chi connectivity index (χ3v) is 5.50. The van der Waals surface area contributed by atoms with Crippen LogP contribution in [-0.4, -0.2) is 20.8 Å². The predicted octanol–water partition coefficient (Wildman–Crippen LogP) is 6.12. The number of halogens is 3. The monoisotopic (exact) mass is 600 g/mol. The third-order valence-electron chi connectivity index (χ3n) is 3.72. The summed E-state index contributed by atoms with van der Waals surface area (Å²) in [5, 5.41) is 14.8. The molecule has 0 radical (unpaired) electrons. The lowest BCUT2D eigenvalue weighted by Crippen LogP contribution is -2.03. The molecule has 3 aromatic rings. The first-order valence-corrected chi connectivity index (χ1v) is 10.6. The van der Waals surface area contributed by atoms with Crippen molar-refractivity contribution in [3.8, 4) is 17.1 Å². The Morgan fingerprint density at radius 3 is 2.52 bits per heavy atom. The zero-order valence-corrected chi connectivity index (χ0v) is 19.8. The van der Waals surface area contributed by atoms with Gasteiger partial charge in [-0.2, -0.15) is 5.10 Å². The van der Waals surface area contributed by atoms with E-state index in [2.05, 4.69) is 74.9 Å². The molecule has 0 atom stereocenters. The predicted molar refractivity (Wildman–Crippen MR) is 124 cm³/mol. The molecule has 138 valence electrons. The highest BCUT2D eigenvalue weighted by molar-refractivity contribution is 14.1. The van der Waals surface area contributed by atoms with Gasteiger partial charge in [-0.05, 0) is 82.2 Å². The van der Waals surface area contributed by atoms with Crippen LogP contribution < -0.4 is 5.43 Å². The van der Waals surface area contributed by atoms with Crippen LogP contribution in [0.5, 0.6) is 5.75 Å². The van der Waals surface area contributed by atoms with Gasteiger partial charge in [0.05, 0.1) is 15.7 Å². The van der Waals surface area contributed by atoms with Crippen molar-refractivity contribution in [1.82, 2.24) is 9.97 Å². The number of phenolic OH excluding ortho intramolecular Hbond substituents is 1. The number of benzene rings is 2. The molecule has 3 rings (SSSR count). The molecule has 8 heteroatoms. The van der Waals surface area contributed by atoms with Gasteiger partial charge in [-0.1, -0.05) is 28.1 Å². The number of rotatable bonds is 4. The average Bonchev–Trinajstić information content (AvgIpc) is 2.63. The number of aromatic hydroxyl groups is 1. The van der Waals surface area contributed by atoms with Crippen LogP contribution in [0.15, 0.2) is 56.5 Å². The number of aryl methyl sites for hydroxylation is 1. The average molecular weight is 602 g/mol. The van der Waals surface area contributed by atoms with Crippen LogP contribution in [0.1, 0.15) is 18.2 Å². The number of hydrogen-bond donors (Lipinski definition) is 2. The topological polar surface area (TPSA) is 70.4 Å². The minimum absolute atomic E-state index is 0.0910. The number of phenols is 1. The van der Waals surface area contributed by atoms with Crippen LogP contribution in [0.2, 0.25) is 0 Å². The summed E-state index contributed by atoms with van der Waals surface area (Å²) in [6.07, 6.45) is 0. The van der Waals surface area contributed by atoms with Crippen molar-refractivity contribution in [2.45, 2.75) is 13.8 Å². The first-order valence-electron chi connectivity index (χ1n) is 7.94. The number of anilines is 1. The highest BCUT2D eigenvalue weighted by atomic mass is 127. The number of nitrogens with zero attached hydrogens (tertiary/aromatic N) is 3. The molecule has 0 aliphatic heterocycles. The molecule has 2 aromatic carbocycles. The van der Waals surface area contributed by atoms with E-state index in [0.29, 0.717) is 21.7 Å². The van der Waals surface area contributed by atoms with Gasteiger partial charge in [0.15, 0.2) is 11.6 Å². The summed E-state index contributed by atoms with van der Waals surface area (Å²) >= 11 is 9.04. The van der Waals surface area contributed by atoms with Crippen molar-refractivity contribution < 1.29 is 5.11 Å². The summed E-state index contributed by atoms with van der Waals surface area (Å²) in [5.41, 5.74) is 6.15. The molecule has 0 aliphatic rings. The van der Waals surface area contributed by atoms with Gasteiger partial charge in [0.2, 0.25) is 0 Å². The lowest BCUT2D eigenvalue weighted by molar-refractivity contribution is 0.473. The van der Waals surface area contributed by atoms with Crippen molar-refractivity contribution in [3.63, 3.8) is 0 Å². The Kier molecular flexibility index (Phi) is 6.48. The SMILES string of the molecule is C/C(=N/Nc1cc(C)nc(-c2cc(Br)cc(Br)c2O)n1)c1ccc(I)cc1. The highest BCUT2D eigenvalue weighted by Gasteiger charge is 2.13. The molecule has 1 heterocycles. The summed E-state index contributed by atoms with van der Waals surface area (Å²) in [7, 11) is 0. The smallest absolute Gasteiger partial charge is 0.165 e. The molecule has 0 fully saturated rings. The van der Waals surface area contributed by atoms with E-state index in [9.17, 15) is 5.11 Å². The summed E-state index contributed by atoms with van der Waals surface area (Å²) in [4.78, 5) is 8.93. The van der Waals surface area contributed by atoms with Crippen molar-refractivity contribution in [1.29, 1.82) is 0 Å². The quantitative estimate of drug-likeness (QED) is 0.215. The maximum absolute atomic E-state index is 10.4. The molecule has 27 heavy (non-hydrogen) atoms. The van der Waals surface area contributed by atoms with Crippen LogP contribution in [0.4, 0.5) is 5.82 Å². The van der Waals surface area contributed by atoms with Crippen LogP contribution in [0.25, 0.3) is 11.4 Å². The van der Waals surface area contributed by atoms with Gasteiger partial charge in [-0.15, -0.1) is 0 Å². The fourth-order valence-electron chi connectivity index (χ4n) is 2.38. The minimum Gasteiger partial charge on any atom is -0.506 e. The number of nitrogens with one attached hydrogen (secondary N) is 1. The molecule has 1 aromatic heterocycles. The lowest BCUT2D eigenvalue weighted by atomic mass is 10.1. The fraction of sp³-hybridized carbons (Fsp3) is 0.105. The molecule has 0 saturated carbocycles. The summed E-state index contributed by atoms with van der Waals surface area (Å²) < 4.78 is 2.56. The number of aromatic nitrogens is 2. The van der Waals surface area contributed by atoms with E-state index in [1.165, 1.54) is 3.57 Å². The summed E-state index contributed by atoms with van der Waals surface area (Å²) in [6.45, 7) is 3.80. The van der Waals surface area contributed by atoms with Gasteiger partial charge in [0.1, 0.15) is 5.75 Å². The first-order chi connectivity index (χ1) is 12.8. The Morgan fingerprint density at radius 1 is 1.11 bits per heavy atom. The maximum Gasteiger partial charge on any atom is 0.165 e. The van der Waals surface area contributed by atoms with Crippen molar-refractivity contribution >= 4 is 66.0 Å². The molecule has 0 aliphatic carbocycles. The fourth-order valence-corrected chi connectivity index (χ4v) is 3.96. The van der Waals surface area contributed by atoms with Crippen LogP contribution in [0, 0.1) is 10.5 Å². The van der Waals surface area contributed by atoms with E-state index < -0.39 is 0 Å². The molecular formula is C19H15Br2IN4O. The largest absolute Gasteiger partial charge is 0.506 e. The maximum atomic E-state index is 10.4. The Balaban J connectivity index is 1.92. The summed E-state index contributed by atoms with van der Waals surface area (Å²) in [6, 6.07) is 13.5. The lowest BCUT2D eigenvalue weighted by Gasteiger charge is -2.09. The van der Waals surface area contributed by atoms with Crippen molar-refractivity contribution in [3.05, 3.63) is 66.2 Å². The first kappa shape index (κ1) is 20.2. The molecule has 2 N–H and O–H groups in total. The Morgan fingerprint density at radius 2 is 1.81 bits per heavy atom. The number of hydrazone groups is 1. The van der Waals surface area contributed by atoms with Gasteiger partial charge in [0, 0.05) is 19.8 Å². The minimum atomic E-state index is 0.0910. The van der Waals surface area contributed by atoms with Gasteiger partial charge in [-0.25, -0.2) is 9.97 Å². The molecular weight excluding hydrogens is 587 g/mol. The van der Waals surface area contributed by atoms with E-state index in [-0.39, 0.29) is 5.75 Å². The van der Waals surface area contributed by atoms with Crippen molar-refractivity contribution in [2.75, 3.05) is 5.43 Å². The van der Waals surface area contributed by atoms with Crippen LogP contribution in [0.3, 0.4) is 0 Å². The third kappa shape index (κ3) is 5.05. The van der Waals surface area contributed by atoms with Gasteiger partial charge in [0.25, 0.3) is 0 Å². The summed E-state index contributed by atoms with van der Waals surface area (Å²) in [5.74, 6) is 1.06. The zero-order chi connectivity index (χ0) is 19.6. The van der Waals surface area contributed by atoms with E-state index in [1.54, 1.807) is 18.2 Å². The Hall–Kier alpha value is -1.52. The second kappa shape index (κ2) is 8.66. The van der Waals surface area contributed by atoms with E-state index >= 15 is 0 Å². The molecule has 0 bridgehead atoms. The Labute approximate surface area is 187 Å². The zero-order valence-electron chi connectivity index (χ0n) is 14.5. The van der Waals surface area contributed by atoms with Gasteiger partial charge >= 0.3 is 0 Å². The second-order valence-corrected chi connectivity index (χ2v) is 8.83. The van der Waals surface area contributed by atoms with E-state index in [4.69, 9.17) is 0 Å². The van der Waals surface area contributed by atoms with Gasteiger partial charge < -0.3 is 5.11 Å². The van der Waals surface area contributed by atoms with Crippen LogP contribution >= 0.6 is 54.5 Å². The van der Waals surface area contributed by atoms with Crippen molar-refractivity contribution in [2.24, 2.45) is 5.10 Å². The van der Waals surface area contributed by atoms with Crippen LogP contribution in [-0.2, 0) is 0 Å². The molecule has 0 saturated heterocycles.